The van der Waals surface area contributed by atoms with E-state index in [1.54, 1.807) is 49.2 Å². The number of fused-ring (bicyclic) bond motifs is 1. The van der Waals surface area contributed by atoms with Crippen molar-refractivity contribution in [3.05, 3.63) is 124 Å². The Morgan fingerprint density at radius 2 is 1.50 bits per heavy atom. The summed E-state index contributed by atoms with van der Waals surface area (Å²) in [5.74, 6) is 1.99. The molecule has 222 valence electrons. The predicted octanol–water partition coefficient (Wildman–Crippen LogP) is 6.92. The predicted molar refractivity (Wildman–Crippen MR) is 166 cm³/mol. The van der Waals surface area contributed by atoms with Gasteiger partial charge in [0.1, 0.15) is 17.2 Å². The number of alkyl halides is 2. The number of halogens is 2. The van der Waals surface area contributed by atoms with E-state index in [9.17, 15) is 13.6 Å². The van der Waals surface area contributed by atoms with Crippen molar-refractivity contribution in [2.24, 2.45) is 0 Å². The summed E-state index contributed by atoms with van der Waals surface area (Å²) in [6.07, 6.45) is -0.971. The molecule has 0 aliphatic carbocycles. The Labute approximate surface area is 256 Å². The first-order valence-corrected chi connectivity index (χ1v) is 14.7. The first kappa shape index (κ1) is 29.1. The van der Waals surface area contributed by atoms with Gasteiger partial charge in [-0.05, 0) is 53.1 Å². The lowest BCUT2D eigenvalue weighted by atomic mass is 10.0. The van der Waals surface area contributed by atoms with Gasteiger partial charge in [-0.25, -0.2) is 18.6 Å². The highest BCUT2D eigenvalue weighted by Gasteiger charge is 2.23. The van der Waals surface area contributed by atoms with Crippen molar-refractivity contribution in [3.8, 4) is 34.0 Å². The molecule has 0 aliphatic rings. The van der Waals surface area contributed by atoms with Gasteiger partial charge in [-0.1, -0.05) is 66.4 Å². The summed E-state index contributed by atoms with van der Waals surface area (Å²) in [6, 6.07) is 26.5. The highest BCUT2D eigenvalue weighted by Crippen LogP contribution is 2.35. The molecule has 11 heteroatoms. The molecule has 44 heavy (non-hydrogen) atoms. The third kappa shape index (κ3) is 5.91. The van der Waals surface area contributed by atoms with E-state index < -0.39 is 12.1 Å². The first-order valence-electron chi connectivity index (χ1n) is 13.7. The SMILES string of the molecule is COc1ccc(CSc2nc3c(-c4ccc(C(F)F)cc4)c(-c4ccccn4)nn3c(=O)n2Cc2ccc(OC)cc2)cc1. The van der Waals surface area contributed by atoms with Gasteiger partial charge in [0.25, 0.3) is 6.43 Å². The molecule has 3 aromatic carbocycles. The summed E-state index contributed by atoms with van der Waals surface area (Å²) in [6.45, 7) is 0.244. The minimum absolute atomic E-state index is 0.102. The first-order chi connectivity index (χ1) is 21.4. The van der Waals surface area contributed by atoms with Gasteiger partial charge in [0.15, 0.2) is 10.8 Å². The molecule has 0 fully saturated rings. The van der Waals surface area contributed by atoms with Crippen LogP contribution in [-0.4, -0.2) is 38.4 Å². The minimum atomic E-state index is -2.60. The summed E-state index contributed by atoms with van der Waals surface area (Å²) in [4.78, 5) is 23.7. The van der Waals surface area contributed by atoms with Gasteiger partial charge >= 0.3 is 5.69 Å². The molecule has 0 saturated heterocycles. The number of pyridine rings is 1. The molecule has 0 atom stereocenters. The molecule has 0 amide bonds. The smallest absolute Gasteiger partial charge is 0.353 e. The Balaban J connectivity index is 1.53. The van der Waals surface area contributed by atoms with Crippen LogP contribution in [0.25, 0.3) is 28.2 Å². The van der Waals surface area contributed by atoms with Gasteiger partial charge in [0.2, 0.25) is 0 Å². The number of nitrogens with zero attached hydrogens (tertiary/aromatic N) is 5. The van der Waals surface area contributed by atoms with Crippen LogP contribution < -0.4 is 15.2 Å². The molecule has 0 radical (unpaired) electrons. The summed E-state index contributed by atoms with van der Waals surface area (Å²) < 4.78 is 40.2. The Morgan fingerprint density at radius 1 is 0.841 bits per heavy atom. The van der Waals surface area contributed by atoms with Crippen LogP contribution in [0.4, 0.5) is 8.78 Å². The molecule has 8 nitrogen and oxygen atoms in total. The molecular weight excluding hydrogens is 584 g/mol. The molecule has 0 bridgehead atoms. The highest BCUT2D eigenvalue weighted by molar-refractivity contribution is 7.98. The van der Waals surface area contributed by atoms with Crippen LogP contribution >= 0.6 is 11.8 Å². The molecule has 0 saturated carbocycles. The van der Waals surface area contributed by atoms with Crippen molar-refractivity contribution in [1.29, 1.82) is 0 Å². The summed E-state index contributed by atoms with van der Waals surface area (Å²) in [5.41, 5.74) is 3.79. The van der Waals surface area contributed by atoms with Crippen LogP contribution in [0.15, 0.2) is 107 Å². The van der Waals surface area contributed by atoms with E-state index in [1.165, 1.54) is 28.4 Å². The maximum absolute atomic E-state index is 14.2. The van der Waals surface area contributed by atoms with Crippen LogP contribution in [-0.2, 0) is 12.3 Å². The highest BCUT2D eigenvalue weighted by atomic mass is 32.2. The van der Waals surface area contributed by atoms with Gasteiger partial charge in [-0.2, -0.15) is 9.61 Å². The van der Waals surface area contributed by atoms with Crippen LogP contribution in [0, 0.1) is 0 Å². The molecule has 0 spiro atoms. The van der Waals surface area contributed by atoms with E-state index in [-0.39, 0.29) is 12.1 Å². The Morgan fingerprint density at radius 3 is 2.09 bits per heavy atom. The average molecular weight is 612 g/mol. The quantitative estimate of drug-likeness (QED) is 0.156. The number of methoxy groups -OCH3 is 2. The largest absolute Gasteiger partial charge is 0.497 e. The zero-order valence-corrected chi connectivity index (χ0v) is 24.7. The van der Waals surface area contributed by atoms with Crippen molar-refractivity contribution in [2.45, 2.75) is 23.9 Å². The number of aromatic nitrogens is 5. The number of hydrogen-bond donors (Lipinski definition) is 0. The Hall–Kier alpha value is -5.03. The standard InChI is InChI=1S/C33H27F2N5O3S/c1-42-25-14-6-21(7-15-25)19-39-32(44-20-22-8-16-26(43-2)17-9-22)37-31-28(23-10-12-24(13-11-23)30(34)35)29(38-40(31)33(39)41)27-5-3-4-18-36-27/h3-18,30H,19-20H2,1-2H3. The molecule has 3 heterocycles. The molecule has 0 aliphatic heterocycles. The van der Waals surface area contributed by atoms with Crippen LogP contribution in [0.2, 0.25) is 0 Å². The van der Waals surface area contributed by atoms with E-state index in [1.807, 2.05) is 54.6 Å². The number of rotatable bonds is 10. The summed E-state index contributed by atoms with van der Waals surface area (Å²) in [5, 5.41) is 5.17. The van der Waals surface area contributed by atoms with Gasteiger partial charge in [0, 0.05) is 17.5 Å². The number of ether oxygens (including phenoxy) is 2. The fourth-order valence-electron chi connectivity index (χ4n) is 4.76. The molecule has 6 rings (SSSR count). The third-order valence-corrected chi connectivity index (χ3v) is 8.14. The monoisotopic (exact) mass is 611 g/mol. The number of thioether (sulfide) groups is 1. The third-order valence-electron chi connectivity index (χ3n) is 7.09. The lowest BCUT2D eigenvalue weighted by molar-refractivity contribution is 0.151. The Kier molecular flexibility index (Phi) is 8.38. The van der Waals surface area contributed by atoms with Gasteiger partial charge in [-0.15, -0.1) is 0 Å². The van der Waals surface area contributed by atoms with Crippen LogP contribution in [0.1, 0.15) is 23.1 Å². The van der Waals surface area contributed by atoms with Gasteiger partial charge in [-0.3, -0.25) is 9.55 Å². The van der Waals surface area contributed by atoms with E-state index >= 15 is 0 Å². The zero-order chi connectivity index (χ0) is 30.6. The van der Waals surface area contributed by atoms with Crippen LogP contribution in [0.3, 0.4) is 0 Å². The van der Waals surface area contributed by atoms with Crippen LogP contribution in [0.5, 0.6) is 11.5 Å². The van der Waals surface area contributed by atoms with Crippen molar-refractivity contribution < 1.29 is 18.3 Å². The second kappa shape index (κ2) is 12.7. The van der Waals surface area contributed by atoms with E-state index in [2.05, 4.69) is 4.98 Å². The maximum atomic E-state index is 14.2. The van der Waals surface area contributed by atoms with Crippen molar-refractivity contribution in [2.75, 3.05) is 14.2 Å². The minimum Gasteiger partial charge on any atom is -0.497 e. The second-order valence-corrected chi connectivity index (χ2v) is 10.8. The molecule has 3 aromatic heterocycles. The molecule has 0 N–H and O–H groups in total. The van der Waals surface area contributed by atoms with Crippen molar-refractivity contribution in [3.63, 3.8) is 0 Å². The van der Waals surface area contributed by atoms with E-state index in [0.717, 1.165) is 16.9 Å². The second-order valence-electron chi connectivity index (χ2n) is 9.84. The summed E-state index contributed by atoms with van der Waals surface area (Å²) >= 11 is 1.42. The Bertz CT molecular complexity index is 1940. The lowest BCUT2D eigenvalue weighted by Gasteiger charge is -2.13. The average Bonchev–Trinajstić information content (AvgIpc) is 3.46. The van der Waals surface area contributed by atoms with Gasteiger partial charge in [0.05, 0.1) is 32.0 Å². The fourth-order valence-corrected chi connectivity index (χ4v) is 5.70. The number of hydrogen-bond acceptors (Lipinski definition) is 7. The van der Waals surface area contributed by atoms with Crippen molar-refractivity contribution in [1.82, 2.24) is 24.1 Å². The lowest BCUT2D eigenvalue weighted by Crippen LogP contribution is -2.30. The molecular formula is C33H27F2N5O3S. The topological polar surface area (TPSA) is 83.5 Å². The molecule has 6 aromatic rings. The van der Waals surface area contributed by atoms with E-state index in [4.69, 9.17) is 19.6 Å². The summed E-state index contributed by atoms with van der Waals surface area (Å²) in [7, 11) is 3.21. The molecule has 0 unspecified atom stereocenters. The zero-order valence-electron chi connectivity index (χ0n) is 23.9. The van der Waals surface area contributed by atoms with E-state index in [0.29, 0.717) is 44.8 Å². The maximum Gasteiger partial charge on any atom is 0.353 e. The number of benzene rings is 3. The van der Waals surface area contributed by atoms with Crippen molar-refractivity contribution >= 4 is 17.4 Å². The van der Waals surface area contributed by atoms with Gasteiger partial charge < -0.3 is 9.47 Å². The fraction of sp³-hybridized carbons (Fsp3) is 0.152. The normalized spacial score (nSPS) is 11.3.